The summed E-state index contributed by atoms with van der Waals surface area (Å²) in [7, 11) is 0. The molecule has 0 heterocycles. The molecule has 0 radical (unpaired) electrons. The number of nitrogens with zero attached hydrogens (tertiary/aromatic N) is 1. The maximum absolute atomic E-state index is 13.3. The molecule has 1 aromatic rings. The summed E-state index contributed by atoms with van der Waals surface area (Å²) in [6.07, 6.45) is 7.35. The number of nitrogens with one attached hydrogen (secondary N) is 2. The molecule has 0 spiro atoms. The highest BCUT2D eigenvalue weighted by Crippen LogP contribution is 2.17. The maximum Gasteiger partial charge on any atom is 0.273 e. The van der Waals surface area contributed by atoms with Gasteiger partial charge in [-0.1, -0.05) is 25.7 Å². The first-order chi connectivity index (χ1) is 11.1. The molecular weight excluding hydrogens is 337 g/mol. The molecule has 0 atom stereocenters. The van der Waals surface area contributed by atoms with Gasteiger partial charge in [-0.05, 0) is 18.9 Å². The van der Waals surface area contributed by atoms with Gasteiger partial charge in [0.1, 0.15) is 5.82 Å². The molecule has 0 saturated heterocycles. The number of carbonyl (C=O) groups is 1. The summed E-state index contributed by atoms with van der Waals surface area (Å²) in [5.74, 6) is -1.30. The Hall–Kier alpha value is -1.73. The lowest BCUT2D eigenvalue weighted by molar-refractivity contribution is -0.385. The molecule has 24 heavy (non-hydrogen) atoms. The molecule has 1 fully saturated rings. The molecule has 0 bridgehead atoms. The average Bonchev–Trinajstić information content (AvgIpc) is 2.79. The van der Waals surface area contributed by atoms with Gasteiger partial charge in [0.15, 0.2) is 0 Å². The van der Waals surface area contributed by atoms with Crippen LogP contribution in [0.5, 0.6) is 0 Å². The highest BCUT2D eigenvalue weighted by atomic mass is 35.5. The summed E-state index contributed by atoms with van der Waals surface area (Å²) in [4.78, 5) is 21.9. The Morgan fingerprint density at radius 3 is 2.46 bits per heavy atom. The van der Waals surface area contributed by atoms with Crippen molar-refractivity contribution in [2.45, 2.75) is 44.6 Å². The summed E-state index contributed by atoms with van der Waals surface area (Å²) in [5.41, 5.74) is -0.460. The Labute approximate surface area is 146 Å². The van der Waals surface area contributed by atoms with Crippen molar-refractivity contribution in [3.05, 3.63) is 39.7 Å². The number of halogens is 2. The molecule has 1 aliphatic rings. The van der Waals surface area contributed by atoms with Crippen molar-refractivity contribution in [3.8, 4) is 0 Å². The van der Waals surface area contributed by atoms with Gasteiger partial charge in [0.2, 0.25) is 0 Å². The SMILES string of the molecule is Cl.O=C(NCCNC1CCCCCC1)c1cc(F)cc([N+](=O)[O-])c1. The van der Waals surface area contributed by atoms with Crippen LogP contribution in [0.4, 0.5) is 10.1 Å². The van der Waals surface area contributed by atoms with Crippen molar-refractivity contribution in [2.75, 3.05) is 13.1 Å². The second-order valence-electron chi connectivity index (χ2n) is 5.85. The predicted molar refractivity (Wildman–Crippen MR) is 92.1 cm³/mol. The third kappa shape index (κ3) is 6.41. The van der Waals surface area contributed by atoms with Gasteiger partial charge in [0.05, 0.1) is 11.0 Å². The van der Waals surface area contributed by atoms with Gasteiger partial charge in [-0.15, -0.1) is 12.4 Å². The van der Waals surface area contributed by atoms with Crippen LogP contribution in [0, 0.1) is 15.9 Å². The first-order valence-electron chi connectivity index (χ1n) is 8.03. The molecular formula is C16H23ClFN3O3. The Morgan fingerprint density at radius 2 is 1.83 bits per heavy atom. The zero-order valence-electron chi connectivity index (χ0n) is 13.4. The van der Waals surface area contributed by atoms with E-state index in [4.69, 9.17) is 0 Å². The normalized spacial score (nSPS) is 15.2. The number of amides is 1. The third-order valence-electron chi connectivity index (χ3n) is 4.05. The third-order valence-corrected chi connectivity index (χ3v) is 4.05. The Balaban J connectivity index is 0.00000288. The lowest BCUT2D eigenvalue weighted by atomic mass is 10.1. The van der Waals surface area contributed by atoms with Crippen molar-refractivity contribution in [3.63, 3.8) is 0 Å². The maximum atomic E-state index is 13.3. The van der Waals surface area contributed by atoms with Gasteiger partial charge in [0.25, 0.3) is 11.6 Å². The first kappa shape index (κ1) is 20.3. The number of rotatable bonds is 6. The predicted octanol–water partition coefficient (Wildman–Crippen LogP) is 3.20. The number of hydrogen-bond acceptors (Lipinski definition) is 4. The highest BCUT2D eigenvalue weighted by Gasteiger charge is 2.15. The fourth-order valence-corrected chi connectivity index (χ4v) is 2.85. The molecule has 1 amide bonds. The molecule has 0 aromatic heterocycles. The minimum atomic E-state index is -0.791. The van der Waals surface area contributed by atoms with Gasteiger partial charge in [-0.3, -0.25) is 14.9 Å². The van der Waals surface area contributed by atoms with Crippen LogP contribution in [-0.2, 0) is 0 Å². The van der Waals surface area contributed by atoms with Gasteiger partial charge in [-0.2, -0.15) is 0 Å². The molecule has 1 saturated carbocycles. The molecule has 2 rings (SSSR count). The van der Waals surface area contributed by atoms with E-state index in [0.29, 0.717) is 19.1 Å². The lowest BCUT2D eigenvalue weighted by Gasteiger charge is -2.16. The molecule has 134 valence electrons. The van der Waals surface area contributed by atoms with E-state index in [-0.39, 0.29) is 18.0 Å². The fraction of sp³-hybridized carbons (Fsp3) is 0.562. The van der Waals surface area contributed by atoms with Crippen molar-refractivity contribution >= 4 is 24.0 Å². The van der Waals surface area contributed by atoms with Crippen LogP contribution in [0.2, 0.25) is 0 Å². The van der Waals surface area contributed by atoms with Crippen LogP contribution in [0.25, 0.3) is 0 Å². The summed E-state index contributed by atoms with van der Waals surface area (Å²) < 4.78 is 13.3. The van der Waals surface area contributed by atoms with E-state index in [1.165, 1.54) is 25.7 Å². The number of hydrogen-bond donors (Lipinski definition) is 2. The molecule has 1 aromatic carbocycles. The second kappa shape index (κ2) is 10.2. The fourth-order valence-electron chi connectivity index (χ4n) is 2.85. The smallest absolute Gasteiger partial charge is 0.273 e. The van der Waals surface area contributed by atoms with Crippen LogP contribution < -0.4 is 10.6 Å². The van der Waals surface area contributed by atoms with Crippen LogP contribution >= 0.6 is 12.4 Å². The Morgan fingerprint density at radius 1 is 1.17 bits per heavy atom. The largest absolute Gasteiger partial charge is 0.351 e. The lowest BCUT2D eigenvalue weighted by Crippen LogP contribution is -2.36. The van der Waals surface area contributed by atoms with Crippen LogP contribution in [0.1, 0.15) is 48.9 Å². The minimum absolute atomic E-state index is 0. The quantitative estimate of drug-likeness (QED) is 0.353. The van der Waals surface area contributed by atoms with Gasteiger partial charge >= 0.3 is 0 Å². The van der Waals surface area contributed by atoms with Crippen LogP contribution in [-0.4, -0.2) is 30.0 Å². The van der Waals surface area contributed by atoms with E-state index < -0.39 is 22.3 Å². The average molecular weight is 360 g/mol. The topological polar surface area (TPSA) is 84.3 Å². The first-order valence-corrected chi connectivity index (χ1v) is 8.03. The van der Waals surface area contributed by atoms with Crippen molar-refractivity contribution in [1.29, 1.82) is 0 Å². The van der Waals surface area contributed by atoms with Crippen molar-refractivity contribution < 1.29 is 14.1 Å². The van der Waals surface area contributed by atoms with E-state index in [9.17, 15) is 19.3 Å². The van der Waals surface area contributed by atoms with E-state index in [1.54, 1.807) is 0 Å². The molecule has 2 N–H and O–H groups in total. The van der Waals surface area contributed by atoms with Crippen molar-refractivity contribution in [2.24, 2.45) is 0 Å². The molecule has 1 aliphatic carbocycles. The van der Waals surface area contributed by atoms with E-state index in [1.807, 2.05) is 0 Å². The molecule has 0 unspecified atom stereocenters. The van der Waals surface area contributed by atoms with Gasteiger partial charge in [-0.25, -0.2) is 4.39 Å². The number of nitro benzene ring substituents is 1. The van der Waals surface area contributed by atoms with Crippen LogP contribution in [0.15, 0.2) is 18.2 Å². The van der Waals surface area contributed by atoms with E-state index in [0.717, 1.165) is 31.0 Å². The zero-order valence-corrected chi connectivity index (χ0v) is 14.2. The second-order valence-corrected chi connectivity index (χ2v) is 5.85. The van der Waals surface area contributed by atoms with Crippen molar-refractivity contribution in [1.82, 2.24) is 10.6 Å². The molecule has 0 aliphatic heterocycles. The summed E-state index contributed by atoms with van der Waals surface area (Å²) in [5, 5.41) is 16.8. The Bertz CT molecular complexity index is 563. The minimum Gasteiger partial charge on any atom is -0.351 e. The molecule has 8 heteroatoms. The number of nitro groups is 1. The van der Waals surface area contributed by atoms with E-state index >= 15 is 0 Å². The standard InChI is InChI=1S/C16H22FN3O3.ClH/c17-13-9-12(10-15(11-13)20(22)23)16(21)19-8-7-18-14-5-3-1-2-4-6-14;/h9-11,14,18H,1-8H2,(H,19,21);1H. The summed E-state index contributed by atoms with van der Waals surface area (Å²) in [6, 6.07) is 3.37. The summed E-state index contributed by atoms with van der Waals surface area (Å²) in [6.45, 7) is 1.04. The monoisotopic (exact) mass is 359 g/mol. The van der Waals surface area contributed by atoms with Crippen LogP contribution in [0.3, 0.4) is 0 Å². The number of benzene rings is 1. The Kier molecular flexibility index (Phi) is 8.63. The van der Waals surface area contributed by atoms with Gasteiger partial charge < -0.3 is 10.6 Å². The molecule has 6 nitrogen and oxygen atoms in total. The summed E-state index contributed by atoms with van der Waals surface area (Å²) >= 11 is 0. The zero-order chi connectivity index (χ0) is 16.7. The highest BCUT2D eigenvalue weighted by molar-refractivity contribution is 5.94. The number of carbonyl (C=O) groups excluding carboxylic acids is 1. The van der Waals surface area contributed by atoms with E-state index in [2.05, 4.69) is 10.6 Å². The number of non-ortho nitro benzene ring substituents is 1. The van der Waals surface area contributed by atoms with Gasteiger partial charge in [0, 0.05) is 30.8 Å².